The van der Waals surface area contributed by atoms with Gasteiger partial charge in [0.05, 0.1) is 6.04 Å². The molecule has 9 heteroatoms. The average molecular weight is 739 g/mol. The molecule has 2 aliphatic heterocycles. The summed E-state index contributed by atoms with van der Waals surface area (Å²) in [5.41, 5.74) is 12.3. The summed E-state index contributed by atoms with van der Waals surface area (Å²) >= 11 is 0. The number of nitrogens with zero attached hydrogens (tertiary/aromatic N) is 6. The second-order valence-corrected chi connectivity index (χ2v) is 14.8. The number of nitrogens with one attached hydrogen (secondary N) is 1. The zero-order valence-corrected chi connectivity index (χ0v) is 33.2. The molecule has 2 fully saturated rings. The SMILES string of the molecule is C.CN(C)CCN.CN(C)CCNC(c1ccccc1)c1ccc(N2CCN(C)CC2)cc1.CN1CCN(c2ccc(C(O)c3ccccc3)cc2)CC1. The molecule has 2 heterocycles. The summed E-state index contributed by atoms with van der Waals surface area (Å²) in [6, 6.07) is 38.2. The number of hydrogen-bond donors (Lipinski definition) is 3. The van der Waals surface area contributed by atoms with E-state index in [1.807, 2.05) is 56.6 Å². The number of hydrogen-bond acceptors (Lipinski definition) is 9. The number of anilines is 2. The zero-order valence-electron chi connectivity index (χ0n) is 33.2. The highest BCUT2D eigenvalue weighted by Crippen LogP contribution is 2.26. The maximum Gasteiger partial charge on any atom is 0.104 e. The number of aliphatic hydroxyl groups is 1. The first-order valence-electron chi connectivity index (χ1n) is 19.2. The summed E-state index contributed by atoms with van der Waals surface area (Å²) in [7, 11) is 12.6. The Bertz CT molecular complexity index is 1520. The summed E-state index contributed by atoms with van der Waals surface area (Å²) in [4.78, 5) is 13.9. The second-order valence-electron chi connectivity index (χ2n) is 14.8. The van der Waals surface area contributed by atoms with E-state index in [0.29, 0.717) is 0 Å². The van der Waals surface area contributed by atoms with Gasteiger partial charge in [-0.25, -0.2) is 0 Å². The Balaban J connectivity index is 0.000000252. The molecule has 2 saturated heterocycles. The lowest BCUT2D eigenvalue weighted by Crippen LogP contribution is -2.44. The maximum atomic E-state index is 10.4. The Morgan fingerprint density at radius 2 is 0.926 bits per heavy atom. The molecule has 6 rings (SSSR count). The molecule has 9 nitrogen and oxygen atoms in total. The number of nitrogens with two attached hydrogens (primary N) is 1. The Kier molecular flexibility index (Phi) is 19.7. The summed E-state index contributed by atoms with van der Waals surface area (Å²) in [6.07, 6.45) is -0.548. The lowest BCUT2D eigenvalue weighted by Gasteiger charge is -2.34. The van der Waals surface area contributed by atoms with Crippen molar-refractivity contribution in [3.63, 3.8) is 0 Å². The van der Waals surface area contributed by atoms with Crippen LogP contribution in [-0.2, 0) is 0 Å². The zero-order chi connectivity index (χ0) is 38.0. The van der Waals surface area contributed by atoms with E-state index in [9.17, 15) is 5.11 Å². The quantitative estimate of drug-likeness (QED) is 0.179. The molecule has 4 aromatic rings. The minimum Gasteiger partial charge on any atom is -0.384 e. The van der Waals surface area contributed by atoms with E-state index in [0.717, 1.165) is 89.7 Å². The average Bonchev–Trinajstić information content (AvgIpc) is 3.18. The van der Waals surface area contributed by atoms with E-state index in [1.165, 1.54) is 22.5 Å². The third kappa shape index (κ3) is 14.8. The van der Waals surface area contributed by atoms with Crippen LogP contribution in [0.15, 0.2) is 109 Å². The normalized spacial score (nSPS) is 16.1. The van der Waals surface area contributed by atoms with Crippen molar-refractivity contribution in [2.45, 2.75) is 19.6 Å². The van der Waals surface area contributed by atoms with Crippen LogP contribution in [0.25, 0.3) is 0 Å². The van der Waals surface area contributed by atoms with E-state index in [4.69, 9.17) is 5.73 Å². The van der Waals surface area contributed by atoms with Gasteiger partial charge in [0.15, 0.2) is 0 Å². The van der Waals surface area contributed by atoms with Crippen molar-refractivity contribution in [2.24, 2.45) is 5.73 Å². The summed E-state index contributed by atoms with van der Waals surface area (Å²) in [6.45, 7) is 12.6. The standard InChI is InChI=1S/C22H32N4.C18H22N2O.C4H12N2.CH4/c1-24(2)14-13-23-22(19-7-5-4-6-8-19)20-9-11-21(12-10-20)26-17-15-25(3)16-18-26;1-19-11-13-20(14-12-19)17-9-7-16(8-10-17)18(21)15-5-3-2-4-6-15;1-6(2)4-3-5;/h4-12,22-23H,13-18H2,1-3H3;2-10,18,21H,11-14H2,1H3;3-5H2,1-2H3;1H4. The second kappa shape index (κ2) is 23.9. The lowest BCUT2D eigenvalue weighted by atomic mass is 9.98. The van der Waals surface area contributed by atoms with Crippen molar-refractivity contribution in [1.29, 1.82) is 0 Å². The highest BCUT2D eigenvalue weighted by molar-refractivity contribution is 5.50. The van der Waals surface area contributed by atoms with Crippen molar-refractivity contribution in [1.82, 2.24) is 24.9 Å². The van der Waals surface area contributed by atoms with Crippen LogP contribution in [0, 0.1) is 0 Å². The Hall–Kier alpha value is -3.80. The maximum absolute atomic E-state index is 10.4. The van der Waals surface area contributed by atoms with E-state index in [2.05, 4.69) is 130 Å². The van der Waals surface area contributed by atoms with Gasteiger partial charge in [0, 0.05) is 89.9 Å². The van der Waals surface area contributed by atoms with Gasteiger partial charge in [0.25, 0.3) is 0 Å². The van der Waals surface area contributed by atoms with Gasteiger partial charge in [-0.05, 0) is 88.8 Å². The molecule has 2 atom stereocenters. The fourth-order valence-electron chi connectivity index (χ4n) is 6.47. The fraction of sp³-hybridized carbons (Fsp3) is 0.467. The topological polar surface area (TPSA) is 77.7 Å². The first kappa shape index (κ1) is 44.6. The molecular weight excluding hydrogens is 669 g/mol. The third-order valence-electron chi connectivity index (χ3n) is 9.90. The van der Waals surface area contributed by atoms with Crippen LogP contribution in [0.3, 0.4) is 0 Å². The molecule has 2 aliphatic rings. The van der Waals surface area contributed by atoms with Crippen LogP contribution in [0.2, 0.25) is 0 Å². The van der Waals surface area contributed by atoms with Gasteiger partial charge in [0.2, 0.25) is 0 Å². The van der Waals surface area contributed by atoms with Gasteiger partial charge in [-0.15, -0.1) is 0 Å². The van der Waals surface area contributed by atoms with E-state index < -0.39 is 6.10 Å². The van der Waals surface area contributed by atoms with Crippen LogP contribution >= 0.6 is 0 Å². The van der Waals surface area contributed by atoms with Gasteiger partial charge in [-0.1, -0.05) is 92.4 Å². The van der Waals surface area contributed by atoms with Crippen molar-refractivity contribution in [3.8, 4) is 0 Å². The van der Waals surface area contributed by atoms with Gasteiger partial charge >= 0.3 is 0 Å². The first-order chi connectivity index (χ1) is 25.6. The first-order valence-corrected chi connectivity index (χ1v) is 19.2. The molecule has 0 bridgehead atoms. The van der Waals surface area contributed by atoms with Crippen molar-refractivity contribution in [3.05, 3.63) is 131 Å². The molecule has 2 unspecified atom stereocenters. The van der Waals surface area contributed by atoms with Crippen LogP contribution in [0.4, 0.5) is 11.4 Å². The molecule has 4 aromatic carbocycles. The van der Waals surface area contributed by atoms with E-state index in [1.54, 1.807) is 0 Å². The van der Waals surface area contributed by atoms with Gasteiger partial charge in [-0.2, -0.15) is 0 Å². The smallest absolute Gasteiger partial charge is 0.104 e. The molecule has 0 spiro atoms. The number of piperazine rings is 2. The molecule has 0 aromatic heterocycles. The number of aliphatic hydroxyl groups excluding tert-OH is 1. The van der Waals surface area contributed by atoms with Gasteiger partial charge in [0.1, 0.15) is 6.10 Å². The van der Waals surface area contributed by atoms with Gasteiger partial charge < -0.3 is 45.6 Å². The number of likely N-dealkylation sites (N-methyl/N-ethyl adjacent to an activating group) is 4. The van der Waals surface area contributed by atoms with Crippen LogP contribution in [-0.4, -0.2) is 146 Å². The van der Waals surface area contributed by atoms with Crippen LogP contribution < -0.4 is 20.9 Å². The van der Waals surface area contributed by atoms with E-state index >= 15 is 0 Å². The van der Waals surface area contributed by atoms with Crippen molar-refractivity contribution >= 4 is 11.4 Å². The predicted octanol–water partition coefficient (Wildman–Crippen LogP) is 5.34. The Morgan fingerprint density at radius 1 is 0.556 bits per heavy atom. The summed E-state index contributed by atoms with van der Waals surface area (Å²) in [5.74, 6) is 0. The Morgan fingerprint density at radius 3 is 1.31 bits per heavy atom. The van der Waals surface area contributed by atoms with Crippen molar-refractivity contribution < 1.29 is 5.11 Å². The largest absolute Gasteiger partial charge is 0.384 e. The fourth-order valence-corrected chi connectivity index (χ4v) is 6.47. The molecule has 0 saturated carbocycles. The third-order valence-corrected chi connectivity index (χ3v) is 9.90. The van der Waals surface area contributed by atoms with Crippen LogP contribution in [0.5, 0.6) is 0 Å². The molecule has 54 heavy (non-hydrogen) atoms. The molecule has 0 aliphatic carbocycles. The molecule has 0 radical (unpaired) electrons. The number of benzene rings is 4. The van der Waals surface area contributed by atoms with Crippen LogP contribution in [0.1, 0.15) is 41.8 Å². The lowest BCUT2D eigenvalue weighted by molar-refractivity contribution is 0.220. The van der Waals surface area contributed by atoms with Crippen molar-refractivity contribution in [2.75, 3.05) is 131 Å². The molecule has 4 N–H and O–H groups in total. The molecule has 296 valence electrons. The number of rotatable bonds is 12. The molecular formula is C45H70N8O. The van der Waals surface area contributed by atoms with E-state index in [-0.39, 0.29) is 13.5 Å². The molecule has 0 amide bonds. The summed E-state index contributed by atoms with van der Waals surface area (Å²) < 4.78 is 0. The Labute approximate surface area is 328 Å². The summed E-state index contributed by atoms with van der Waals surface area (Å²) in [5, 5.41) is 14.1. The monoisotopic (exact) mass is 739 g/mol. The highest BCUT2D eigenvalue weighted by atomic mass is 16.3. The predicted molar refractivity (Wildman–Crippen MR) is 232 cm³/mol. The minimum absolute atomic E-state index is 0. The minimum atomic E-state index is -0.548. The van der Waals surface area contributed by atoms with Gasteiger partial charge in [-0.3, -0.25) is 0 Å². The highest BCUT2D eigenvalue weighted by Gasteiger charge is 2.18.